The summed E-state index contributed by atoms with van der Waals surface area (Å²) in [7, 11) is 0. The quantitative estimate of drug-likeness (QED) is 0.599. The molecule has 1 aliphatic heterocycles. The molecule has 1 aromatic heterocycles. The molecule has 0 amide bonds. The average molecular weight is 389 g/mol. The standard InChI is InChI=1S/C21H36N6O/c1-4-22-20(24-16-10-9-13-27-19(16)23-15(3)26-27)25-17-14-18(28-5-2)21(17)11-7-6-8-12-21/h16-18H,4-14H2,1-3H3,(H2,22,24,25). The summed E-state index contributed by atoms with van der Waals surface area (Å²) >= 11 is 0. The Bertz CT molecular complexity index is 693. The van der Waals surface area contributed by atoms with Crippen LogP contribution in [0, 0.1) is 12.3 Å². The van der Waals surface area contributed by atoms with Gasteiger partial charge in [-0.3, -0.25) is 4.99 Å². The van der Waals surface area contributed by atoms with Crippen molar-refractivity contribution in [2.24, 2.45) is 10.4 Å². The third-order valence-electron chi connectivity index (χ3n) is 6.86. The maximum absolute atomic E-state index is 6.12. The van der Waals surface area contributed by atoms with Gasteiger partial charge < -0.3 is 15.4 Å². The zero-order chi connectivity index (χ0) is 19.6. The van der Waals surface area contributed by atoms with Crippen LogP contribution in [-0.4, -0.2) is 46.0 Å². The van der Waals surface area contributed by atoms with E-state index in [0.717, 1.165) is 56.6 Å². The second kappa shape index (κ2) is 8.39. The second-order valence-electron chi connectivity index (χ2n) is 8.57. The minimum atomic E-state index is 0.179. The van der Waals surface area contributed by atoms with Crippen molar-refractivity contribution in [3.05, 3.63) is 11.6 Å². The molecule has 0 radical (unpaired) electrons. The van der Waals surface area contributed by atoms with Gasteiger partial charge in [-0.15, -0.1) is 0 Å². The van der Waals surface area contributed by atoms with Crippen molar-refractivity contribution < 1.29 is 4.74 Å². The number of nitrogens with zero attached hydrogens (tertiary/aromatic N) is 4. The first-order chi connectivity index (χ1) is 13.7. The molecule has 1 aromatic rings. The van der Waals surface area contributed by atoms with E-state index in [9.17, 15) is 0 Å². The minimum Gasteiger partial charge on any atom is -0.378 e. The molecule has 3 atom stereocenters. The Labute approximate surface area is 168 Å². The van der Waals surface area contributed by atoms with Crippen molar-refractivity contribution in [1.29, 1.82) is 0 Å². The van der Waals surface area contributed by atoms with Gasteiger partial charge in [0.2, 0.25) is 0 Å². The highest BCUT2D eigenvalue weighted by atomic mass is 16.5. The van der Waals surface area contributed by atoms with E-state index >= 15 is 0 Å². The Balaban J connectivity index is 1.47. The average Bonchev–Trinajstić information content (AvgIpc) is 3.09. The third kappa shape index (κ3) is 3.65. The summed E-state index contributed by atoms with van der Waals surface area (Å²) in [4.78, 5) is 9.43. The molecule has 3 aliphatic rings. The van der Waals surface area contributed by atoms with Crippen LogP contribution >= 0.6 is 0 Å². The second-order valence-corrected chi connectivity index (χ2v) is 8.57. The van der Waals surface area contributed by atoms with Gasteiger partial charge in [-0.1, -0.05) is 19.3 Å². The summed E-state index contributed by atoms with van der Waals surface area (Å²) in [5, 5.41) is 12.0. The fourth-order valence-corrected chi connectivity index (χ4v) is 5.49. The lowest BCUT2D eigenvalue weighted by molar-refractivity contribution is -0.145. The highest BCUT2D eigenvalue weighted by molar-refractivity contribution is 5.80. The Kier molecular flexibility index (Phi) is 5.90. The molecule has 1 spiro atoms. The fraction of sp³-hybridized carbons (Fsp3) is 0.857. The molecular weight excluding hydrogens is 352 g/mol. The van der Waals surface area contributed by atoms with Crippen LogP contribution in [0.25, 0.3) is 0 Å². The van der Waals surface area contributed by atoms with Crippen molar-refractivity contribution in [3.8, 4) is 0 Å². The molecule has 156 valence electrons. The lowest BCUT2D eigenvalue weighted by Gasteiger charge is -2.58. The summed E-state index contributed by atoms with van der Waals surface area (Å²) in [5.74, 6) is 2.82. The molecule has 0 aromatic carbocycles. The molecule has 2 N–H and O–H groups in total. The van der Waals surface area contributed by atoms with Gasteiger partial charge in [0.15, 0.2) is 5.96 Å². The Morgan fingerprint density at radius 3 is 2.79 bits per heavy atom. The molecule has 2 saturated carbocycles. The maximum Gasteiger partial charge on any atom is 0.192 e. The van der Waals surface area contributed by atoms with E-state index in [2.05, 4.69) is 39.2 Å². The number of fused-ring (bicyclic) bond motifs is 1. The molecule has 3 unspecified atom stereocenters. The van der Waals surface area contributed by atoms with Crippen molar-refractivity contribution in [1.82, 2.24) is 25.4 Å². The lowest BCUT2D eigenvalue weighted by Crippen LogP contribution is -2.66. The van der Waals surface area contributed by atoms with Gasteiger partial charge in [-0.05, 0) is 52.9 Å². The Hall–Kier alpha value is -1.63. The van der Waals surface area contributed by atoms with Crippen molar-refractivity contribution in [2.45, 2.75) is 96.9 Å². The highest BCUT2D eigenvalue weighted by Gasteiger charge is 2.56. The first-order valence-electron chi connectivity index (χ1n) is 11.3. The van der Waals surface area contributed by atoms with E-state index in [-0.39, 0.29) is 11.5 Å². The van der Waals surface area contributed by atoms with Gasteiger partial charge in [0.25, 0.3) is 0 Å². The van der Waals surface area contributed by atoms with E-state index < -0.39 is 0 Å². The predicted molar refractivity (Wildman–Crippen MR) is 110 cm³/mol. The molecule has 0 saturated heterocycles. The predicted octanol–water partition coefficient (Wildman–Crippen LogP) is 3.10. The molecule has 7 nitrogen and oxygen atoms in total. The minimum absolute atomic E-state index is 0.179. The molecular formula is C21H36N6O. The van der Waals surface area contributed by atoms with Crippen molar-refractivity contribution in [3.63, 3.8) is 0 Å². The van der Waals surface area contributed by atoms with Crippen LogP contribution in [0.4, 0.5) is 0 Å². The number of hydrogen-bond donors (Lipinski definition) is 2. The molecule has 7 heteroatoms. The van der Waals surface area contributed by atoms with Gasteiger partial charge in [-0.25, -0.2) is 9.67 Å². The van der Waals surface area contributed by atoms with Crippen LogP contribution in [0.1, 0.15) is 82.9 Å². The van der Waals surface area contributed by atoms with E-state index in [1.54, 1.807) is 0 Å². The topological polar surface area (TPSA) is 76.4 Å². The number of rotatable bonds is 5. The van der Waals surface area contributed by atoms with Crippen LogP contribution < -0.4 is 10.6 Å². The third-order valence-corrected chi connectivity index (χ3v) is 6.86. The van der Waals surface area contributed by atoms with Crippen molar-refractivity contribution in [2.75, 3.05) is 13.2 Å². The number of hydrogen-bond acceptors (Lipinski definition) is 4. The van der Waals surface area contributed by atoms with Crippen LogP contribution in [0.2, 0.25) is 0 Å². The summed E-state index contributed by atoms with van der Waals surface area (Å²) in [6, 6.07) is 0.628. The lowest BCUT2D eigenvalue weighted by atomic mass is 9.55. The van der Waals surface area contributed by atoms with E-state index in [1.165, 1.54) is 32.1 Å². The normalized spacial score (nSPS) is 29.2. The van der Waals surface area contributed by atoms with E-state index in [4.69, 9.17) is 9.73 Å². The summed E-state index contributed by atoms with van der Waals surface area (Å²) in [6.45, 7) is 8.72. The fourth-order valence-electron chi connectivity index (χ4n) is 5.49. The largest absolute Gasteiger partial charge is 0.378 e. The van der Waals surface area contributed by atoms with Crippen molar-refractivity contribution >= 4 is 5.96 Å². The number of aryl methyl sites for hydroxylation is 2. The highest BCUT2D eigenvalue weighted by Crippen LogP contribution is 2.53. The van der Waals surface area contributed by atoms with Gasteiger partial charge in [0, 0.05) is 31.2 Å². The SMILES string of the molecule is CCN=C(NC1CCCn2nc(C)nc21)NC1CC(OCC)C12CCCCC2. The Morgan fingerprint density at radius 1 is 1.21 bits per heavy atom. The van der Waals surface area contributed by atoms with Crippen LogP contribution in [0.5, 0.6) is 0 Å². The number of ether oxygens (including phenoxy) is 1. The summed E-state index contributed by atoms with van der Waals surface area (Å²) in [6.07, 6.45) is 10.2. The number of guanidine groups is 1. The van der Waals surface area contributed by atoms with E-state index in [0.29, 0.717) is 12.1 Å². The first-order valence-corrected chi connectivity index (χ1v) is 11.3. The van der Waals surface area contributed by atoms with Gasteiger partial charge in [-0.2, -0.15) is 5.10 Å². The number of nitrogens with one attached hydrogen (secondary N) is 2. The molecule has 28 heavy (non-hydrogen) atoms. The zero-order valence-electron chi connectivity index (χ0n) is 17.7. The first kappa shape index (κ1) is 19.7. The number of aromatic nitrogens is 3. The summed E-state index contributed by atoms with van der Waals surface area (Å²) < 4.78 is 8.17. The monoisotopic (exact) mass is 388 g/mol. The number of aliphatic imine (C=N–C) groups is 1. The zero-order valence-corrected chi connectivity index (χ0v) is 17.7. The maximum atomic E-state index is 6.12. The molecule has 0 bridgehead atoms. The van der Waals surface area contributed by atoms with Crippen LogP contribution in [0.3, 0.4) is 0 Å². The van der Waals surface area contributed by atoms with Gasteiger partial charge in [0.1, 0.15) is 11.6 Å². The van der Waals surface area contributed by atoms with Gasteiger partial charge in [0.05, 0.1) is 12.1 Å². The molecule has 2 aliphatic carbocycles. The van der Waals surface area contributed by atoms with Gasteiger partial charge >= 0.3 is 0 Å². The molecule has 4 rings (SSSR count). The smallest absolute Gasteiger partial charge is 0.192 e. The molecule has 2 heterocycles. The van der Waals surface area contributed by atoms with Crippen LogP contribution in [-0.2, 0) is 11.3 Å². The Morgan fingerprint density at radius 2 is 2.04 bits per heavy atom. The van der Waals surface area contributed by atoms with Crippen LogP contribution in [0.15, 0.2) is 4.99 Å². The van der Waals surface area contributed by atoms with E-state index in [1.807, 2.05) is 6.92 Å². The molecule has 2 fully saturated rings. The summed E-state index contributed by atoms with van der Waals surface area (Å²) in [5.41, 5.74) is 0.285.